The topological polar surface area (TPSA) is 106 Å². The fourth-order valence-electron chi connectivity index (χ4n) is 1.53. The third-order valence-corrected chi connectivity index (χ3v) is 3.33. The van der Waals surface area contributed by atoms with Crippen LogP contribution in [0.5, 0.6) is 5.75 Å². The number of hydrogen-bond donors (Lipinski definition) is 3. The number of ether oxygens (including phenoxy) is 1. The summed E-state index contributed by atoms with van der Waals surface area (Å²) in [6.07, 6.45) is 0. The first kappa shape index (κ1) is 14.9. The van der Waals surface area contributed by atoms with Crippen molar-refractivity contribution >= 4 is 28.8 Å². The average Bonchev–Trinajstić information content (AvgIpc) is 2.94. The molecule has 0 spiro atoms. The number of rotatable bonds is 5. The predicted octanol–water partition coefficient (Wildman–Crippen LogP) is 1.28. The Morgan fingerprint density at radius 2 is 2.05 bits per heavy atom. The number of carbonyl (C=O) groups excluding carboxylic acids is 2. The van der Waals surface area contributed by atoms with E-state index >= 15 is 0 Å². The number of aromatic nitrogens is 1. The summed E-state index contributed by atoms with van der Waals surface area (Å²) in [7, 11) is 0. The quantitative estimate of drug-likeness (QED) is 0.438. The third-order valence-electron chi connectivity index (χ3n) is 2.44. The minimum Gasteiger partial charge on any atom is -0.487 e. The molecule has 1 aromatic heterocycles. The fraction of sp³-hybridized carbons (Fsp3) is 0.154. The van der Waals surface area contributed by atoms with Gasteiger partial charge in [0.15, 0.2) is 5.01 Å². The van der Waals surface area contributed by atoms with Gasteiger partial charge in [-0.1, -0.05) is 0 Å². The van der Waals surface area contributed by atoms with Crippen molar-refractivity contribution in [1.29, 1.82) is 0 Å². The molecule has 2 rings (SSSR count). The lowest BCUT2D eigenvalue weighted by Crippen LogP contribution is -2.29. The Bertz CT molecular complexity index is 639. The summed E-state index contributed by atoms with van der Waals surface area (Å²) in [5.74, 6) is 5.12. The Hall–Kier alpha value is -2.45. The molecule has 2 amide bonds. The zero-order chi connectivity index (χ0) is 15.2. The van der Waals surface area contributed by atoms with Crippen LogP contribution in [0.3, 0.4) is 0 Å². The van der Waals surface area contributed by atoms with Gasteiger partial charge in [0.05, 0.1) is 5.69 Å². The first-order valence-corrected chi connectivity index (χ1v) is 6.92. The highest BCUT2D eigenvalue weighted by Gasteiger charge is 2.09. The highest BCUT2D eigenvalue weighted by Crippen LogP contribution is 2.18. The Morgan fingerprint density at radius 1 is 1.33 bits per heavy atom. The van der Waals surface area contributed by atoms with Crippen LogP contribution in [0.2, 0.25) is 0 Å². The number of nitrogens with two attached hydrogens (primary N) is 1. The molecule has 0 saturated heterocycles. The summed E-state index contributed by atoms with van der Waals surface area (Å²) in [4.78, 5) is 26.3. The van der Waals surface area contributed by atoms with Crippen molar-refractivity contribution in [3.05, 3.63) is 40.3 Å². The van der Waals surface area contributed by atoms with Crippen molar-refractivity contribution in [1.82, 2.24) is 10.4 Å². The summed E-state index contributed by atoms with van der Waals surface area (Å²) in [5, 5.41) is 4.69. The highest BCUT2D eigenvalue weighted by molar-refractivity contribution is 7.11. The maximum atomic E-state index is 11.3. The number of nitrogen functional groups attached to an aromatic ring is 1. The van der Waals surface area contributed by atoms with Crippen molar-refractivity contribution < 1.29 is 14.3 Å². The average molecular weight is 306 g/mol. The molecule has 2 aromatic rings. The lowest BCUT2D eigenvalue weighted by Gasteiger charge is -2.06. The van der Waals surface area contributed by atoms with E-state index in [9.17, 15) is 9.59 Å². The minimum atomic E-state index is -0.425. The molecule has 7 nitrogen and oxygen atoms in total. The maximum Gasteiger partial charge on any atom is 0.294 e. The maximum absolute atomic E-state index is 11.3. The molecule has 1 aromatic carbocycles. The van der Waals surface area contributed by atoms with Gasteiger partial charge in [0.25, 0.3) is 5.91 Å². The first-order valence-electron chi connectivity index (χ1n) is 6.04. The summed E-state index contributed by atoms with van der Waals surface area (Å²) < 4.78 is 5.55. The van der Waals surface area contributed by atoms with Crippen molar-refractivity contribution in [2.24, 2.45) is 5.84 Å². The van der Waals surface area contributed by atoms with Gasteiger partial charge in [0.2, 0.25) is 5.91 Å². The van der Waals surface area contributed by atoms with Crippen LogP contribution in [0, 0.1) is 0 Å². The molecule has 0 fully saturated rings. The number of amides is 2. The molecule has 8 heteroatoms. The van der Waals surface area contributed by atoms with E-state index in [-0.39, 0.29) is 17.5 Å². The number of nitrogens with one attached hydrogen (secondary N) is 2. The highest BCUT2D eigenvalue weighted by atomic mass is 32.1. The zero-order valence-electron chi connectivity index (χ0n) is 11.3. The molecule has 110 valence electrons. The SMILES string of the molecule is CC(=O)Nc1ccc(OCc2csc(C(=O)NN)n2)cc1. The molecule has 4 N–H and O–H groups in total. The van der Waals surface area contributed by atoms with Crippen LogP contribution < -0.4 is 21.3 Å². The molecule has 21 heavy (non-hydrogen) atoms. The van der Waals surface area contributed by atoms with Gasteiger partial charge in [0, 0.05) is 18.0 Å². The van der Waals surface area contributed by atoms with Crippen LogP contribution in [-0.4, -0.2) is 16.8 Å². The number of thiazole rings is 1. The van der Waals surface area contributed by atoms with Gasteiger partial charge in [-0.15, -0.1) is 11.3 Å². The van der Waals surface area contributed by atoms with E-state index in [2.05, 4.69) is 10.3 Å². The van der Waals surface area contributed by atoms with Gasteiger partial charge >= 0.3 is 0 Å². The monoisotopic (exact) mass is 306 g/mol. The molecular weight excluding hydrogens is 292 g/mol. The number of carbonyl (C=O) groups is 2. The molecule has 0 atom stereocenters. The zero-order valence-corrected chi connectivity index (χ0v) is 12.1. The van der Waals surface area contributed by atoms with Gasteiger partial charge in [0.1, 0.15) is 12.4 Å². The molecule has 0 unspecified atom stereocenters. The van der Waals surface area contributed by atoms with Gasteiger partial charge in [-0.05, 0) is 24.3 Å². The van der Waals surface area contributed by atoms with Gasteiger partial charge in [-0.3, -0.25) is 15.0 Å². The predicted molar refractivity (Wildman–Crippen MR) is 78.8 cm³/mol. The second kappa shape index (κ2) is 6.82. The van der Waals surface area contributed by atoms with Crippen LogP contribution in [0.25, 0.3) is 0 Å². The number of benzene rings is 1. The molecule has 0 aliphatic heterocycles. The Kier molecular flexibility index (Phi) is 4.85. The van der Waals surface area contributed by atoms with E-state index < -0.39 is 5.91 Å². The summed E-state index contributed by atoms with van der Waals surface area (Å²) >= 11 is 1.20. The number of anilines is 1. The van der Waals surface area contributed by atoms with E-state index in [0.29, 0.717) is 17.1 Å². The molecule has 0 bridgehead atoms. The number of nitrogens with zero attached hydrogens (tertiary/aromatic N) is 1. The normalized spacial score (nSPS) is 10.0. The molecule has 1 heterocycles. The third kappa shape index (κ3) is 4.26. The molecule has 0 aliphatic carbocycles. The van der Waals surface area contributed by atoms with E-state index in [0.717, 1.165) is 0 Å². The van der Waals surface area contributed by atoms with E-state index in [1.54, 1.807) is 29.6 Å². The standard InChI is InChI=1S/C13H14N4O3S/c1-8(18)15-9-2-4-11(5-3-9)20-6-10-7-21-13(16-10)12(19)17-14/h2-5,7H,6,14H2,1H3,(H,15,18)(H,17,19). The smallest absolute Gasteiger partial charge is 0.294 e. The van der Waals surface area contributed by atoms with Crippen LogP contribution in [0.4, 0.5) is 5.69 Å². The summed E-state index contributed by atoms with van der Waals surface area (Å²) in [6.45, 7) is 1.69. The molecule has 0 radical (unpaired) electrons. The van der Waals surface area contributed by atoms with Gasteiger partial charge in [-0.2, -0.15) is 0 Å². The van der Waals surface area contributed by atoms with Crippen LogP contribution in [0.1, 0.15) is 22.4 Å². The van der Waals surface area contributed by atoms with Crippen molar-refractivity contribution in [3.8, 4) is 5.75 Å². The number of hydrogen-bond acceptors (Lipinski definition) is 6. The lowest BCUT2D eigenvalue weighted by molar-refractivity contribution is -0.114. The Morgan fingerprint density at radius 3 is 2.67 bits per heavy atom. The van der Waals surface area contributed by atoms with Crippen LogP contribution in [-0.2, 0) is 11.4 Å². The molecular formula is C13H14N4O3S. The van der Waals surface area contributed by atoms with Crippen molar-refractivity contribution in [2.45, 2.75) is 13.5 Å². The largest absolute Gasteiger partial charge is 0.487 e. The van der Waals surface area contributed by atoms with E-state index in [4.69, 9.17) is 10.6 Å². The Balaban J connectivity index is 1.92. The van der Waals surface area contributed by atoms with E-state index in [1.165, 1.54) is 18.3 Å². The van der Waals surface area contributed by atoms with Gasteiger partial charge < -0.3 is 10.1 Å². The van der Waals surface area contributed by atoms with Crippen molar-refractivity contribution in [2.75, 3.05) is 5.32 Å². The minimum absolute atomic E-state index is 0.128. The fourth-order valence-corrected chi connectivity index (χ4v) is 2.24. The summed E-state index contributed by atoms with van der Waals surface area (Å²) in [6, 6.07) is 6.96. The van der Waals surface area contributed by atoms with Crippen molar-refractivity contribution in [3.63, 3.8) is 0 Å². The molecule has 0 aliphatic rings. The van der Waals surface area contributed by atoms with E-state index in [1.807, 2.05) is 5.43 Å². The van der Waals surface area contributed by atoms with Gasteiger partial charge in [-0.25, -0.2) is 10.8 Å². The molecule has 0 saturated carbocycles. The lowest BCUT2D eigenvalue weighted by atomic mass is 10.3. The van der Waals surface area contributed by atoms with Crippen LogP contribution in [0.15, 0.2) is 29.6 Å². The Labute approximate surface area is 125 Å². The first-order chi connectivity index (χ1) is 10.1. The number of hydrazine groups is 1. The second-order valence-corrected chi connectivity index (χ2v) is 4.97. The second-order valence-electron chi connectivity index (χ2n) is 4.11. The van der Waals surface area contributed by atoms with Crippen LogP contribution >= 0.6 is 11.3 Å². The summed E-state index contributed by atoms with van der Waals surface area (Å²) in [5.41, 5.74) is 3.37.